The van der Waals surface area contributed by atoms with Gasteiger partial charge in [0.25, 0.3) is 17.5 Å². The van der Waals surface area contributed by atoms with Crippen molar-refractivity contribution in [1.82, 2.24) is 29.5 Å². The number of aryl methyl sites for hydroxylation is 2. The minimum atomic E-state index is -2.88. The van der Waals surface area contributed by atoms with Gasteiger partial charge in [0.15, 0.2) is 5.69 Å². The monoisotopic (exact) mass is 711 g/mol. The van der Waals surface area contributed by atoms with Crippen molar-refractivity contribution in [3.05, 3.63) is 43.8 Å². The fourth-order valence-electron chi connectivity index (χ4n) is 7.57. The number of nitrogens with zero attached hydrogens (tertiary/aromatic N) is 10. The molecule has 2 aliphatic heterocycles. The zero-order valence-corrected chi connectivity index (χ0v) is 29.3. The highest BCUT2D eigenvalue weighted by Gasteiger charge is 2.71. The number of hydrogen-bond donors (Lipinski definition) is 1. The van der Waals surface area contributed by atoms with Crippen LogP contribution in [0.25, 0.3) is 4.85 Å². The van der Waals surface area contributed by atoms with Crippen LogP contribution in [0.4, 0.5) is 31.1 Å². The van der Waals surface area contributed by atoms with Crippen molar-refractivity contribution in [1.29, 1.82) is 5.26 Å². The van der Waals surface area contributed by atoms with Gasteiger partial charge in [-0.1, -0.05) is 11.6 Å². The third-order valence-corrected chi connectivity index (χ3v) is 11.5. The lowest BCUT2D eigenvalue weighted by Gasteiger charge is -2.50. The molecule has 17 heteroatoms. The molecule has 49 heavy (non-hydrogen) atoms. The number of fused-ring (bicyclic) bond motifs is 3. The molecule has 2 aliphatic carbocycles. The van der Waals surface area contributed by atoms with Crippen LogP contribution in [0.1, 0.15) is 51.4 Å². The van der Waals surface area contributed by atoms with Crippen molar-refractivity contribution in [3.8, 4) is 12.1 Å². The SMILES string of the molecule is [C-]#[N+]c1c(N2CCCn3nc(C(=O)N(C)C)c(Cl)c3C2)nc(OCC2(CN(C)C)CC2(F)F)nc1N1CC2(CCc3sc(N)c(C#N)c32)C1. The molecule has 1 unspecified atom stereocenters. The lowest BCUT2D eigenvalue weighted by atomic mass is 9.74. The van der Waals surface area contributed by atoms with E-state index in [2.05, 4.69) is 26.0 Å². The van der Waals surface area contributed by atoms with Crippen LogP contribution in [0.2, 0.25) is 5.02 Å². The number of ether oxygens (including phenoxy) is 1. The number of hydrogen-bond acceptors (Lipinski definition) is 11. The average molecular weight is 712 g/mol. The minimum Gasteiger partial charge on any atom is -0.463 e. The predicted octanol–water partition coefficient (Wildman–Crippen LogP) is 4.17. The minimum absolute atomic E-state index is 0.101. The summed E-state index contributed by atoms with van der Waals surface area (Å²) in [5.74, 6) is -2.58. The smallest absolute Gasteiger partial charge is 0.317 e. The maximum Gasteiger partial charge on any atom is 0.317 e. The second-order valence-corrected chi connectivity index (χ2v) is 15.5. The molecule has 0 radical (unpaired) electrons. The van der Waals surface area contributed by atoms with E-state index in [1.54, 1.807) is 37.8 Å². The van der Waals surface area contributed by atoms with Gasteiger partial charge in [-0.15, -0.1) is 11.3 Å². The first-order valence-electron chi connectivity index (χ1n) is 16.0. The van der Waals surface area contributed by atoms with Crippen molar-refractivity contribution >= 4 is 51.2 Å². The molecule has 3 aromatic rings. The van der Waals surface area contributed by atoms with Gasteiger partial charge in [0.05, 0.1) is 34.8 Å². The fourth-order valence-corrected chi connectivity index (χ4v) is 8.98. The number of carbonyl (C=O) groups excluding carboxylic acids is 1. The number of halogens is 3. The lowest BCUT2D eigenvalue weighted by Crippen LogP contribution is -2.59. The van der Waals surface area contributed by atoms with E-state index in [4.69, 9.17) is 28.6 Å². The van der Waals surface area contributed by atoms with Gasteiger partial charge in [0.2, 0.25) is 0 Å². The van der Waals surface area contributed by atoms with Gasteiger partial charge in [0, 0.05) is 63.5 Å². The summed E-state index contributed by atoms with van der Waals surface area (Å²) in [5, 5.41) is 15.1. The summed E-state index contributed by atoms with van der Waals surface area (Å²) in [5.41, 5.74) is 6.98. The summed E-state index contributed by atoms with van der Waals surface area (Å²) >= 11 is 8.21. The fraction of sp³-hybridized carbons (Fsp3) is 0.562. The molecule has 0 aromatic carbocycles. The number of amides is 1. The highest BCUT2D eigenvalue weighted by Crippen LogP contribution is 2.61. The zero-order valence-electron chi connectivity index (χ0n) is 27.7. The number of thiophene rings is 1. The Morgan fingerprint density at radius 1 is 1.20 bits per heavy atom. The van der Waals surface area contributed by atoms with Crippen LogP contribution in [0.5, 0.6) is 6.01 Å². The van der Waals surface area contributed by atoms with E-state index in [0.29, 0.717) is 54.7 Å². The number of nitrogens with two attached hydrogens (primary N) is 1. The summed E-state index contributed by atoms with van der Waals surface area (Å²) in [6.07, 6.45) is 1.97. The third kappa shape index (κ3) is 5.32. The second kappa shape index (κ2) is 11.7. The van der Waals surface area contributed by atoms with Crippen molar-refractivity contribution in [3.63, 3.8) is 0 Å². The van der Waals surface area contributed by atoms with Crippen molar-refractivity contribution in [2.75, 3.05) is 76.5 Å². The van der Waals surface area contributed by atoms with Crippen molar-refractivity contribution in [2.45, 2.75) is 50.1 Å². The molecule has 1 spiro atoms. The van der Waals surface area contributed by atoms with Gasteiger partial charge >= 0.3 is 6.01 Å². The lowest BCUT2D eigenvalue weighted by molar-refractivity contribution is 0.0288. The Morgan fingerprint density at radius 3 is 2.51 bits per heavy atom. The summed E-state index contributed by atoms with van der Waals surface area (Å²) in [6.45, 7) is 10.3. The van der Waals surface area contributed by atoms with Crippen molar-refractivity contribution in [2.24, 2.45) is 5.41 Å². The summed E-state index contributed by atoms with van der Waals surface area (Å²) in [6, 6.07) is 2.19. The summed E-state index contributed by atoms with van der Waals surface area (Å²) < 4.78 is 37.1. The number of rotatable bonds is 8. The van der Waals surface area contributed by atoms with Crippen LogP contribution in [-0.4, -0.2) is 102 Å². The molecule has 258 valence electrons. The Morgan fingerprint density at radius 2 is 1.90 bits per heavy atom. The molecule has 2 N–H and O–H groups in total. The summed E-state index contributed by atoms with van der Waals surface area (Å²) in [4.78, 5) is 34.2. The van der Waals surface area contributed by atoms with Gasteiger partial charge in [-0.25, -0.2) is 13.6 Å². The normalized spacial score (nSPS) is 21.4. The Bertz CT molecular complexity index is 1940. The summed E-state index contributed by atoms with van der Waals surface area (Å²) in [7, 11) is 6.74. The Hall–Kier alpha value is -4.25. The van der Waals surface area contributed by atoms with E-state index < -0.39 is 11.3 Å². The molecule has 1 atom stereocenters. The molecule has 7 rings (SSSR count). The van der Waals surface area contributed by atoms with Crippen LogP contribution in [-0.2, 0) is 24.9 Å². The van der Waals surface area contributed by atoms with Gasteiger partial charge < -0.3 is 30.1 Å². The number of alkyl halides is 2. The van der Waals surface area contributed by atoms with E-state index in [1.807, 2.05) is 9.80 Å². The first kappa shape index (κ1) is 33.3. The van der Waals surface area contributed by atoms with Gasteiger partial charge in [-0.2, -0.15) is 20.3 Å². The average Bonchev–Trinajstić information content (AvgIpc) is 3.23. The second-order valence-electron chi connectivity index (χ2n) is 14.0. The highest BCUT2D eigenvalue weighted by molar-refractivity contribution is 7.16. The van der Waals surface area contributed by atoms with Gasteiger partial charge in [-0.3, -0.25) is 9.48 Å². The quantitative estimate of drug-likeness (QED) is 0.339. The molecule has 4 aliphatic rings. The van der Waals surface area contributed by atoms with E-state index in [9.17, 15) is 18.8 Å². The van der Waals surface area contributed by atoms with Crippen LogP contribution in [0.15, 0.2) is 0 Å². The first-order chi connectivity index (χ1) is 23.2. The predicted molar refractivity (Wildman–Crippen MR) is 181 cm³/mol. The largest absolute Gasteiger partial charge is 0.463 e. The van der Waals surface area contributed by atoms with Crippen LogP contribution >= 0.6 is 22.9 Å². The topological polar surface area (TPSA) is 137 Å². The van der Waals surface area contributed by atoms with Gasteiger partial charge in [-0.05, 0) is 38.9 Å². The Labute approximate surface area is 291 Å². The van der Waals surface area contributed by atoms with Crippen molar-refractivity contribution < 1.29 is 18.3 Å². The maximum absolute atomic E-state index is 14.7. The van der Waals surface area contributed by atoms with E-state index in [-0.39, 0.29) is 65.7 Å². The first-order valence-corrected chi connectivity index (χ1v) is 17.2. The van der Waals surface area contributed by atoms with Crippen LogP contribution < -0.4 is 20.3 Å². The molecular formula is C32H36ClF2N11O2S. The van der Waals surface area contributed by atoms with E-state index in [0.717, 1.165) is 23.3 Å². The number of anilines is 3. The van der Waals surface area contributed by atoms with E-state index in [1.165, 1.54) is 16.2 Å². The molecular weight excluding hydrogens is 676 g/mol. The number of carbonyl (C=O) groups is 1. The molecule has 3 aromatic heterocycles. The highest BCUT2D eigenvalue weighted by atomic mass is 35.5. The van der Waals surface area contributed by atoms with Crippen LogP contribution in [0.3, 0.4) is 0 Å². The van der Waals surface area contributed by atoms with Crippen LogP contribution in [0, 0.1) is 23.3 Å². The molecule has 1 saturated heterocycles. The molecule has 0 bridgehead atoms. The molecule has 1 saturated carbocycles. The Kier molecular flexibility index (Phi) is 7.92. The standard InChI is InChI=1S/C32H36ClF2N11O2S/c1-38-24-26(44-9-6-10-46-19(12-44)22(33)23(41-46)28(47)43(4)5)39-29(48-17-31(16-42(2)3)13-32(31,34)35)40-27(24)45-14-30(15-45)8-7-20-21(30)18(11-36)25(37)49-20/h6-10,12-17,37H2,2-5H3. The van der Waals surface area contributed by atoms with Gasteiger partial charge in [0.1, 0.15) is 29.3 Å². The Balaban J connectivity index is 1.26. The molecule has 2 fully saturated rings. The maximum atomic E-state index is 14.7. The number of nitrogen functional groups attached to an aromatic ring is 1. The molecule has 13 nitrogen and oxygen atoms in total. The molecule has 5 heterocycles. The zero-order chi connectivity index (χ0) is 35.0. The number of aromatic nitrogens is 4. The third-order valence-electron chi connectivity index (χ3n) is 10.1. The molecule has 1 amide bonds. The van der Waals surface area contributed by atoms with E-state index >= 15 is 0 Å². The number of nitriles is 1.